The molecule has 2 N–H and O–H groups in total. The average Bonchev–Trinajstić information content (AvgIpc) is 2.78. The van der Waals surface area contributed by atoms with Gasteiger partial charge < -0.3 is 5.73 Å². The molecule has 1 aliphatic rings. The lowest BCUT2D eigenvalue weighted by molar-refractivity contribution is 0.388. The highest BCUT2D eigenvalue weighted by Crippen LogP contribution is 2.34. The predicted molar refractivity (Wildman–Crippen MR) is 77.6 cm³/mol. The van der Waals surface area contributed by atoms with Crippen molar-refractivity contribution in [3.63, 3.8) is 0 Å². The Morgan fingerprint density at radius 3 is 2.63 bits per heavy atom. The van der Waals surface area contributed by atoms with Crippen molar-refractivity contribution in [1.82, 2.24) is 4.31 Å². The Labute approximate surface area is 119 Å². The van der Waals surface area contributed by atoms with Crippen LogP contribution in [0.2, 0.25) is 5.02 Å². The Morgan fingerprint density at radius 2 is 2.11 bits per heavy atom. The van der Waals surface area contributed by atoms with Gasteiger partial charge in [-0.15, -0.1) is 0 Å². The van der Waals surface area contributed by atoms with Crippen LogP contribution in [0.25, 0.3) is 0 Å². The molecule has 1 fully saturated rings. The van der Waals surface area contributed by atoms with Crippen LogP contribution >= 0.6 is 11.6 Å². The van der Waals surface area contributed by atoms with Gasteiger partial charge in [0.05, 0.1) is 10.7 Å². The van der Waals surface area contributed by atoms with Gasteiger partial charge in [-0.1, -0.05) is 31.5 Å². The molecule has 0 bridgehead atoms. The number of rotatable bonds is 3. The number of hydrogen-bond acceptors (Lipinski definition) is 3. The Kier molecular flexibility index (Phi) is 4.08. The first-order valence-electron chi connectivity index (χ1n) is 6.38. The number of benzene rings is 1. The second-order valence-corrected chi connectivity index (χ2v) is 7.60. The van der Waals surface area contributed by atoms with Gasteiger partial charge in [0, 0.05) is 13.1 Å². The summed E-state index contributed by atoms with van der Waals surface area (Å²) in [5.41, 5.74) is 5.99. The van der Waals surface area contributed by atoms with Crippen molar-refractivity contribution in [3.8, 4) is 0 Å². The monoisotopic (exact) mass is 302 g/mol. The highest BCUT2D eigenvalue weighted by Gasteiger charge is 2.35. The summed E-state index contributed by atoms with van der Waals surface area (Å²) in [6.45, 7) is 5.32. The maximum Gasteiger partial charge on any atom is 0.246 e. The third-order valence-electron chi connectivity index (χ3n) is 3.73. The third-order valence-corrected chi connectivity index (χ3v) is 6.14. The minimum atomic E-state index is -3.59. The molecule has 1 aromatic rings. The molecule has 0 spiro atoms. The maximum absolute atomic E-state index is 12.6. The highest BCUT2D eigenvalue weighted by molar-refractivity contribution is 7.89. The lowest BCUT2D eigenvalue weighted by atomic mass is 9.96. The fourth-order valence-electron chi connectivity index (χ4n) is 2.44. The quantitative estimate of drug-likeness (QED) is 0.873. The minimum Gasteiger partial charge on any atom is -0.398 e. The lowest BCUT2D eigenvalue weighted by Crippen LogP contribution is -2.30. The van der Waals surface area contributed by atoms with Gasteiger partial charge in [-0.05, 0) is 30.4 Å². The van der Waals surface area contributed by atoms with E-state index in [0.717, 1.165) is 6.42 Å². The van der Waals surface area contributed by atoms with Gasteiger partial charge in [-0.25, -0.2) is 8.42 Å². The van der Waals surface area contributed by atoms with Crippen LogP contribution in [0.5, 0.6) is 0 Å². The number of nitrogen functional groups attached to an aromatic ring is 1. The lowest BCUT2D eigenvalue weighted by Gasteiger charge is -2.19. The van der Waals surface area contributed by atoms with E-state index in [1.54, 1.807) is 18.2 Å². The summed E-state index contributed by atoms with van der Waals surface area (Å²) in [7, 11) is -3.59. The van der Waals surface area contributed by atoms with Gasteiger partial charge in [-0.2, -0.15) is 4.31 Å². The normalized spacial score (nSPS) is 21.2. The standard InChI is InChI=1S/C13H19ClN2O2S/c1-9(2)10-6-7-16(8-10)19(17,18)13-11(14)4-3-5-12(13)15/h3-5,9-10H,6-8,15H2,1-2H3. The summed E-state index contributed by atoms with van der Waals surface area (Å²) in [5.74, 6) is 0.877. The summed E-state index contributed by atoms with van der Waals surface area (Å²) in [4.78, 5) is 0.0427. The molecule has 1 atom stereocenters. The van der Waals surface area contributed by atoms with E-state index in [1.165, 1.54) is 4.31 Å². The van der Waals surface area contributed by atoms with Gasteiger partial charge in [-0.3, -0.25) is 0 Å². The molecular weight excluding hydrogens is 284 g/mol. The summed E-state index contributed by atoms with van der Waals surface area (Å²) in [5, 5.41) is 0.188. The molecule has 4 nitrogen and oxygen atoms in total. The number of anilines is 1. The zero-order valence-corrected chi connectivity index (χ0v) is 12.7. The molecular formula is C13H19ClN2O2S. The summed E-state index contributed by atoms with van der Waals surface area (Å²) in [6, 6.07) is 4.77. The first kappa shape index (κ1) is 14.6. The van der Waals surface area contributed by atoms with Gasteiger partial charge >= 0.3 is 0 Å². The van der Waals surface area contributed by atoms with E-state index in [2.05, 4.69) is 13.8 Å². The Bertz CT molecular complexity index is 552. The largest absolute Gasteiger partial charge is 0.398 e. The Morgan fingerprint density at radius 1 is 1.42 bits per heavy atom. The molecule has 0 aliphatic carbocycles. The van der Waals surface area contributed by atoms with E-state index < -0.39 is 10.0 Å². The van der Waals surface area contributed by atoms with Crippen LogP contribution in [0.15, 0.2) is 23.1 Å². The van der Waals surface area contributed by atoms with Crippen molar-refractivity contribution in [2.24, 2.45) is 11.8 Å². The number of nitrogens with two attached hydrogens (primary N) is 1. The van der Waals surface area contributed by atoms with E-state index in [9.17, 15) is 8.42 Å². The maximum atomic E-state index is 12.6. The molecule has 0 aromatic heterocycles. The van der Waals surface area contributed by atoms with E-state index in [0.29, 0.717) is 24.9 Å². The average molecular weight is 303 g/mol. The molecule has 1 aromatic carbocycles. The van der Waals surface area contributed by atoms with Crippen LogP contribution in [-0.2, 0) is 10.0 Å². The van der Waals surface area contributed by atoms with E-state index in [4.69, 9.17) is 17.3 Å². The minimum absolute atomic E-state index is 0.0427. The Balaban J connectivity index is 2.34. The van der Waals surface area contributed by atoms with E-state index >= 15 is 0 Å². The summed E-state index contributed by atoms with van der Waals surface area (Å²) >= 11 is 6.01. The van der Waals surface area contributed by atoms with Gasteiger partial charge in [0.15, 0.2) is 0 Å². The first-order chi connectivity index (χ1) is 8.84. The number of halogens is 1. The molecule has 1 aliphatic heterocycles. The second-order valence-electron chi connectivity index (χ2n) is 5.31. The zero-order valence-electron chi connectivity index (χ0n) is 11.1. The summed E-state index contributed by atoms with van der Waals surface area (Å²) in [6.07, 6.45) is 0.890. The van der Waals surface area contributed by atoms with Crippen LogP contribution in [0.4, 0.5) is 5.69 Å². The van der Waals surface area contributed by atoms with Crippen LogP contribution in [0.3, 0.4) is 0 Å². The molecule has 19 heavy (non-hydrogen) atoms. The van der Waals surface area contributed by atoms with Crippen LogP contribution < -0.4 is 5.73 Å². The smallest absolute Gasteiger partial charge is 0.246 e. The number of nitrogens with zero attached hydrogens (tertiary/aromatic N) is 1. The van der Waals surface area contributed by atoms with Crippen LogP contribution in [-0.4, -0.2) is 25.8 Å². The predicted octanol–water partition coefficient (Wildman–Crippen LogP) is 2.59. The van der Waals surface area contributed by atoms with E-state index in [1.807, 2.05) is 0 Å². The van der Waals surface area contributed by atoms with Crippen LogP contribution in [0.1, 0.15) is 20.3 Å². The fourth-order valence-corrected chi connectivity index (χ4v) is 4.59. The van der Waals surface area contributed by atoms with Crippen molar-refractivity contribution in [2.45, 2.75) is 25.2 Å². The molecule has 1 heterocycles. The molecule has 106 valence electrons. The molecule has 2 rings (SSSR count). The van der Waals surface area contributed by atoms with Crippen molar-refractivity contribution in [2.75, 3.05) is 18.8 Å². The molecule has 1 saturated heterocycles. The van der Waals surface area contributed by atoms with Gasteiger partial charge in [0.2, 0.25) is 10.0 Å². The zero-order chi connectivity index (χ0) is 14.2. The van der Waals surface area contributed by atoms with Crippen molar-refractivity contribution < 1.29 is 8.42 Å². The highest BCUT2D eigenvalue weighted by atomic mass is 35.5. The number of sulfonamides is 1. The third kappa shape index (κ3) is 2.73. The molecule has 0 saturated carbocycles. The van der Waals surface area contributed by atoms with Gasteiger partial charge in [0.25, 0.3) is 0 Å². The SMILES string of the molecule is CC(C)C1CCN(S(=O)(=O)c2c(N)cccc2Cl)C1. The molecule has 0 radical (unpaired) electrons. The Hall–Kier alpha value is -0.780. The number of hydrogen-bond donors (Lipinski definition) is 1. The summed E-state index contributed by atoms with van der Waals surface area (Å²) < 4.78 is 26.7. The first-order valence-corrected chi connectivity index (χ1v) is 8.20. The van der Waals surface area contributed by atoms with Crippen LogP contribution in [0, 0.1) is 11.8 Å². The molecule has 0 amide bonds. The van der Waals surface area contributed by atoms with E-state index in [-0.39, 0.29) is 15.6 Å². The fraction of sp³-hybridized carbons (Fsp3) is 0.538. The second kappa shape index (κ2) is 5.31. The molecule has 6 heteroatoms. The van der Waals surface area contributed by atoms with Gasteiger partial charge in [0.1, 0.15) is 4.90 Å². The van der Waals surface area contributed by atoms with Crippen molar-refractivity contribution >= 4 is 27.3 Å². The topological polar surface area (TPSA) is 63.4 Å². The van der Waals surface area contributed by atoms with Crippen molar-refractivity contribution in [1.29, 1.82) is 0 Å². The van der Waals surface area contributed by atoms with Crippen molar-refractivity contribution in [3.05, 3.63) is 23.2 Å². The molecule has 1 unspecified atom stereocenters.